The molecule has 20 heavy (non-hydrogen) atoms. The Labute approximate surface area is 116 Å². The smallest absolute Gasteiger partial charge is 0.338 e. The first kappa shape index (κ1) is 13.9. The van der Waals surface area contributed by atoms with Crippen LogP contribution in [0.3, 0.4) is 0 Å². The molecule has 0 saturated heterocycles. The molecule has 0 bridgehead atoms. The van der Waals surface area contributed by atoms with Gasteiger partial charge in [-0.3, -0.25) is 4.98 Å². The summed E-state index contributed by atoms with van der Waals surface area (Å²) < 4.78 is 14.2. The van der Waals surface area contributed by atoms with Gasteiger partial charge >= 0.3 is 5.97 Å². The first-order valence-electron chi connectivity index (χ1n) is 6.12. The number of halogens is 1. The predicted octanol–water partition coefficient (Wildman–Crippen LogP) is 3.87. The number of aromatic nitrogens is 1. The van der Waals surface area contributed by atoms with Crippen molar-refractivity contribution in [3.05, 3.63) is 65.2 Å². The lowest BCUT2D eigenvalue weighted by atomic mass is 9.96. The van der Waals surface area contributed by atoms with Gasteiger partial charge in [0.2, 0.25) is 0 Å². The van der Waals surface area contributed by atoms with Gasteiger partial charge in [-0.15, -0.1) is 0 Å². The topological polar surface area (TPSA) is 50.2 Å². The third-order valence-corrected chi connectivity index (χ3v) is 3.31. The summed E-state index contributed by atoms with van der Waals surface area (Å²) in [6.45, 7) is 3.65. The number of nitrogens with zero attached hydrogens (tertiary/aromatic N) is 1. The number of carbonyl (C=O) groups is 1. The lowest BCUT2D eigenvalue weighted by Crippen LogP contribution is -2.03. The van der Waals surface area contributed by atoms with Gasteiger partial charge < -0.3 is 5.11 Å². The summed E-state index contributed by atoms with van der Waals surface area (Å²) in [5.41, 5.74) is 2.51. The minimum absolute atomic E-state index is 0.305. The molecule has 102 valence electrons. The highest BCUT2D eigenvalue weighted by Crippen LogP contribution is 2.28. The number of rotatable bonds is 3. The number of allylic oxidation sites excluding steroid dienone is 2. The minimum atomic E-state index is -1.27. The highest BCUT2D eigenvalue weighted by atomic mass is 19.1. The number of hydrogen-bond donors (Lipinski definition) is 1. The van der Waals surface area contributed by atoms with Crippen molar-refractivity contribution in [2.24, 2.45) is 0 Å². The van der Waals surface area contributed by atoms with Crippen LogP contribution in [0, 0.1) is 5.82 Å². The van der Waals surface area contributed by atoms with Crippen LogP contribution < -0.4 is 0 Å². The molecule has 1 N–H and O–H groups in total. The van der Waals surface area contributed by atoms with E-state index in [0.29, 0.717) is 11.1 Å². The molecule has 0 amide bonds. The van der Waals surface area contributed by atoms with Crippen LogP contribution in [0.4, 0.5) is 4.39 Å². The number of carboxylic acids is 1. The second-order valence-corrected chi connectivity index (χ2v) is 4.46. The van der Waals surface area contributed by atoms with E-state index in [1.165, 1.54) is 6.07 Å². The van der Waals surface area contributed by atoms with Crippen LogP contribution in [-0.2, 0) is 0 Å². The van der Waals surface area contributed by atoms with Gasteiger partial charge in [-0.05, 0) is 48.8 Å². The van der Waals surface area contributed by atoms with Crippen LogP contribution in [0.2, 0.25) is 0 Å². The van der Waals surface area contributed by atoms with Crippen molar-refractivity contribution in [1.29, 1.82) is 0 Å². The molecular weight excluding hydrogens is 257 g/mol. The Morgan fingerprint density at radius 2 is 1.65 bits per heavy atom. The summed E-state index contributed by atoms with van der Waals surface area (Å²) >= 11 is 0. The van der Waals surface area contributed by atoms with Crippen LogP contribution in [0.15, 0.2) is 42.7 Å². The molecule has 0 spiro atoms. The Morgan fingerprint density at radius 3 is 2.25 bits per heavy atom. The molecule has 2 rings (SSSR count). The van der Waals surface area contributed by atoms with E-state index in [2.05, 4.69) is 4.98 Å². The van der Waals surface area contributed by atoms with Crippen molar-refractivity contribution in [2.45, 2.75) is 13.8 Å². The highest BCUT2D eigenvalue weighted by Gasteiger charge is 2.15. The van der Waals surface area contributed by atoms with Crippen LogP contribution >= 0.6 is 0 Å². The summed E-state index contributed by atoms with van der Waals surface area (Å²) in [5, 5.41) is 8.96. The molecule has 2 aromatic rings. The fourth-order valence-corrected chi connectivity index (χ4v) is 2.01. The molecule has 3 nitrogen and oxygen atoms in total. The Morgan fingerprint density at radius 1 is 1.05 bits per heavy atom. The molecular formula is C16H14FNO2. The standard InChI is InChI=1S/C16H14FNO2/c1-10(12-6-8-18-9-7-12)11(2)13-4-3-5-14(15(13)17)16(19)20/h3-9H,1-2H3,(H,19,20)/b11-10-. The largest absolute Gasteiger partial charge is 0.478 e. The Kier molecular flexibility index (Phi) is 3.94. The highest BCUT2D eigenvalue weighted by molar-refractivity contribution is 5.93. The fourth-order valence-electron chi connectivity index (χ4n) is 2.01. The number of carboxylic acid groups (broad SMARTS) is 1. The summed E-state index contributed by atoms with van der Waals surface area (Å²) in [5.74, 6) is -1.97. The van der Waals surface area contributed by atoms with Gasteiger partial charge in [0.25, 0.3) is 0 Å². The molecule has 0 saturated carbocycles. The van der Waals surface area contributed by atoms with Gasteiger partial charge in [-0.1, -0.05) is 12.1 Å². The van der Waals surface area contributed by atoms with Gasteiger partial charge in [0.1, 0.15) is 5.82 Å². The van der Waals surface area contributed by atoms with E-state index < -0.39 is 11.8 Å². The van der Waals surface area contributed by atoms with E-state index in [4.69, 9.17) is 5.11 Å². The zero-order valence-electron chi connectivity index (χ0n) is 11.2. The maximum Gasteiger partial charge on any atom is 0.338 e. The van der Waals surface area contributed by atoms with Gasteiger partial charge in [0.15, 0.2) is 0 Å². The lowest BCUT2D eigenvalue weighted by Gasteiger charge is -2.10. The number of aromatic carboxylic acids is 1. The molecule has 1 aromatic carbocycles. The van der Waals surface area contributed by atoms with Crippen LogP contribution in [0.25, 0.3) is 11.1 Å². The second kappa shape index (κ2) is 5.65. The normalized spacial score (nSPS) is 11.9. The molecule has 0 radical (unpaired) electrons. The van der Waals surface area contributed by atoms with Gasteiger partial charge in [-0.2, -0.15) is 0 Å². The van der Waals surface area contributed by atoms with Crippen molar-refractivity contribution in [2.75, 3.05) is 0 Å². The van der Waals surface area contributed by atoms with Crippen LogP contribution in [0.5, 0.6) is 0 Å². The Balaban J connectivity index is 2.57. The molecule has 0 unspecified atom stereocenters. The lowest BCUT2D eigenvalue weighted by molar-refractivity contribution is 0.0692. The van der Waals surface area contributed by atoms with Crippen molar-refractivity contribution < 1.29 is 14.3 Å². The van der Waals surface area contributed by atoms with E-state index >= 15 is 0 Å². The quantitative estimate of drug-likeness (QED) is 0.921. The molecule has 0 aliphatic carbocycles. The van der Waals surface area contributed by atoms with Gasteiger partial charge in [0, 0.05) is 18.0 Å². The maximum absolute atomic E-state index is 14.2. The molecule has 0 aliphatic rings. The average molecular weight is 271 g/mol. The van der Waals surface area contributed by atoms with E-state index in [-0.39, 0.29) is 5.56 Å². The first-order chi connectivity index (χ1) is 9.52. The van der Waals surface area contributed by atoms with E-state index in [1.807, 2.05) is 19.1 Å². The number of pyridine rings is 1. The van der Waals surface area contributed by atoms with Crippen molar-refractivity contribution in [3.8, 4) is 0 Å². The average Bonchev–Trinajstić information content (AvgIpc) is 2.46. The molecule has 0 aliphatic heterocycles. The summed E-state index contributed by atoms with van der Waals surface area (Å²) in [6, 6.07) is 8.05. The van der Waals surface area contributed by atoms with Crippen molar-refractivity contribution >= 4 is 17.1 Å². The van der Waals surface area contributed by atoms with E-state index in [0.717, 1.165) is 11.1 Å². The number of benzene rings is 1. The first-order valence-corrected chi connectivity index (χ1v) is 6.12. The van der Waals surface area contributed by atoms with Crippen LogP contribution in [0.1, 0.15) is 35.3 Å². The Bertz CT molecular complexity index is 678. The van der Waals surface area contributed by atoms with Crippen LogP contribution in [-0.4, -0.2) is 16.1 Å². The van der Waals surface area contributed by atoms with Crippen molar-refractivity contribution in [3.63, 3.8) is 0 Å². The molecule has 1 heterocycles. The van der Waals surface area contributed by atoms with E-state index in [1.54, 1.807) is 31.5 Å². The summed E-state index contributed by atoms with van der Waals surface area (Å²) in [7, 11) is 0. The van der Waals surface area contributed by atoms with E-state index in [9.17, 15) is 9.18 Å². The number of hydrogen-bond acceptors (Lipinski definition) is 2. The monoisotopic (exact) mass is 271 g/mol. The molecule has 0 fully saturated rings. The Hall–Kier alpha value is -2.49. The predicted molar refractivity (Wildman–Crippen MR) is 75.8 cm³/mol. The minimum Gasteiger partial charge on any atom is -0.478 e. The van der Waals surface area contributed by atoms with Crippen molar-refractivity contribution in [1.82, 2.24) is 4.98 Å². The molecule has 0 atom stereocenters. The SMILES string of the molecule is C/C(=C(\C)c1cccc(C(=O)O)c1F)c1ccncc1. The zero-order chi connectivity index (χ0) is 14.7. The maximum atomic E-state index is 14.2. The summed E-state index contributed by atoms with van der Waals surface area (Å²) in [6.07, 6.45) is 3.33. The third-order valence-electron chi connectivity index (χ3n) is 3.31. The van der Waals surface area contributed by atoms with Gasteiger partial charge in [-0.25, -0.2) is 9.18 Å². The summed E-state index contributed by atoms with van der Waals surface area (Å²) in [4.78, 5) is 14.9. The zero-order valence-corrected chi connectivity index (χ0v) is 11.2. The third kappa shape index (κ3) is 2.59. The van der Waals surface area contributed by atoms with Gasteiger partial charge in [0.05, 0.1) is 5.56 Å². The fraction of sp³-hybridized carbons (Fsp3) is 0.125. The molecule has 4 heteroatoms. The molecule has 1 aromatic heterocycles. The second-order valence-electron chi connectivity index (χ2n) is 4.46.